The van der Waals surface area contributed by atoms with Gasteiger partial charge in [0.2, 0.25) is 0 Å². The molecule has 12 rings (SSSR count). The zero-order valence-electron chi connectivity index (χ0n) is 34.2. The number of para-hydroxylation sites is 4. The Morgan fingerprint density at radius 1 is 0.361 bits per heavy atom. The highest BCUT2D eigenvalue weighted by Gasteiger charge is 2.59. The first kappa shape index (κ1) is 35.9. The zero-order valence-corrected chi connectivity index (χ0v) is 36.2. The quantitative estimate of drug-likeness (QED) is 0.165. The minimum Gasteiger partial charge on any atom is -0.458 e. The Balaban J connectivity index is 1.13. The van der Waals surface area contributed by atoms with Crippen LogP contribution in [0.1, 0.15) is 25.0 Å². The average Bonchev–Trinajstić information content (AvgIpc) is 3.32. The van der Waals surface area contributed by atoms with Crippen molar-refractivity contribution in [2.75, 3.05) is 4.90 Å². The fourth-order valence-electron chi connectivity index (χ4n) is 11.3. The molecule has 0 bridgehead atoms. The molecule has 290 valence electrons. The van der Waals surface area contributed by atoms with Crippen LogP contribution in [0.4, 0.5) is 17.1 Å². The Bertz CT molecular complexity index is 3020. The van der Waals surface area contributed by atoms with E-state index in [-0.39, 0.29) is 5.41 Å². The highest BCUT2D eigenvalue weighted by atomic mass is 28.3. The normalized spacial score (nSPS) is 15.5. The number of hydrogen-bond donors (Lipinski definition) is 0. The van der Waals surface area contributed by atoms with Crippen molar-refractivity contribution in [2.45, 2.75) is 19.3 Å². The summed E-state index contributed by atoms with van der Waals surface area (Å²) >= 11 is 0. The lowest BCUT2D eigenvalue weighted by atomic mass is 9.73. The Hall–Kier alpha value is -6.99. The minimum absolute atomic E-state index is 0.106. The Kier molecular flexibility index (Phi) is 7.96. The molecule has 9 aromatic rings. The van der Waals surface area contributed by atoms with Gasteiger partial charge >= 0.3 is 0 Å². The molecule has 0 unspecified atom stereocenters. The van der Waals surface area contributed by atoms with Gasteiger partial charge in [-0.25, -0.2) is 0 Å². The van der Waals surface area contributed by atoms with Crippen molar-refractivity contribution < 1.29 is 4.74 Å². The lowest BCUT2D eigenvalue weighted by Crippen LogP contribution is -2.93. The van der Waals surface area contributed by atoms with Crippen molar-refractivity contribution in [3.8, 4) is 22.6 Å². The molecule has 9 aromatic carbocycles. The fraction of sp³-hybridized carbons (Fsp3) is 0.0526. The number of fused-ring (bicyclic) bond motifs is 10. The summed E-state index contributed by atoms with van der Waals surface area (Å²) in [6.45, 7) is 4.69. The van der Waals surface area contributed by atoms with Gasteiger partial charge in [-0.15, -0.1) is 0 Å². The SMILES string of the molecule is CC1(C)c2ccccc2N(c2ccc(-c3ccc4c(c3)[Si]3(c5ccccc5Oc5ccccc53)c3ccccc3[Si]4(c3ccccc3)c3ccccc3)cc2)c2ccccc21. The summed E-state index contributed by atoms with van der Waals surface area (Å²) in [4.78, 5) is 2.45. The highest BCUT2D eigenvalue weighted by molar-refractivity contribution is 7.33. The average molecular weight is 814 g/mol. The van der Waals surface area contributed by atoms with Crippen molar-refractivity contribution in [1.29, 1.82) is 0 Å². The predicted molar refractivity (Wildman–Crippen MR) is 260 cm³/mol. The fourth-order valence-corrected chi connectivity index (χ4v) is 23.6. The Labute approximate surface area is 360 Å². The van der Waals surface area contributed by atoms with Crippen LogP contribution in [-0.2, 0) is 5.41 Å². The summed E-state index contributed by atoms with van der Waals surface area (Å²) in [6.07, 6.45) is 0. The molecule has 0 aliphatic carbocycles. The summed E-state index contributed by atoms with van der Waals surface area (Å²) in [6, 6.07) is 84.6. The third-order valence-corrected chi connectivity index (χ3v) is 24.2. The first-order valence-corrected chi connectivity index (χ1v) is 25.3. The molecule has 4 heteroatoms. The maximum absolute atomic E-state index is 6.85. The van der Waals surface area contributed by atoms with Gasteiger partial charge in [0.25, 0.3) is 0 Å². The van der Waals surface area contributed by atoms with Crippen LogP contribution in [0.25, 0.3) is 11.1 Å². The van der Waals surface area contributed by atoms with Crippen LogP contribution in [0.15, 0.2) is 224 Å². The highest BCUT2D eigenvalue weighted by Crippen LogP contribution is 2.51. The number of ether oxygens (including phenoxy) is 1. The van der Waals surface area contributed by atoms with Crippen LogP contribution >= 0.6 is 0 Å². The van der Waals surface area contributed by atoms with E-state index in [1.54, 1.807) is 0 Å². The van der Waals surface area contributed by atoms with Gasteiger partial charge in [0, 0.05) is 11.1 Å². The van der Waals surface area contributed by atoms with E-state index in [0.717, 1.165) is 17.2 Å². The smallest absolute Gasteiger partial charge is 0.188 e. The molecule has 0 aromatic heterocycles. The summed E-state index contributed by atoms with van der Waals surface area (Å²) in [5.41, 5.74) is 8.62. The lowest BCUT2D eigenvalue weighted by molar-refractivity contribution is 0.487. The second-order valence-electron chi connectivity index (χ2n) is 17.2. The second-order valence-corrected chi connectivity index (χ2v) is 24.6. The van der Waals surface area contributed by atoms with Crippen LogP contribution in [-0.4, -0.2) is 16.1 Å². The molecular formula is C57H43NOSi2. The number of anilines is 3. The predicted octanol–water partition coefficient (Wildman–Crippen LogP) is 8.64. The molecule has 3 aliphatic heterocycles. The van der Waals surface area contributed by atoms with Crippen LogP contribution in [0.5, 0.6) is 11.5 Å². The van der Waals surface area contributed by atoms with Gasteiger partial charge in [-0.2, -0.15) is 0 Å². The number of hydrogen-bond acceptors (Lipinski definition) is 2. The molecule has 0 N–H and O–H groups in total. The molecule has 0 atom stereocenters. The maximum atomic E-state index is 6.85. The maximum Gasteiger partial charge on any atom is 0.188 e. The Morgan fingerprint density at radius 2 is 0.787 bits per heavy atom. The van der Waals surface area contributed by atoms with Crippen LogP contribution in [0.2, 0.25) is 0 Å². The number of rotatable bonds is 4. The molecule has 61 heavy (non-hydrogen) atoms. The van der Waals surface area contributed by atoms with Gasteiger partial charge in [0.1, 0.15) is 11.5 Å². The van der Waals surface area contributed by atoms with Crippen molar-refractivity contribution in [3.05, 3.63) is 236 Å². The van der Waals surface area contributed by atoms with Crippen molar-refractivity contribution >= 4 is 74.7 Å². The van der Waals surface area contributed by atoms with Gasteiger partial charge in [-0.3, -0.25) is 0 Å². The summed E-state index contributed by atoms with van der Waals surface area (Å²) in [5, 5.41) is 11.3. The molecule has 2 nitrogen and oxygen atoms in total. The van der Waals surface area contributed by atoms with E-state index in [1.165, 1.54) is 75.1 Å². The molecular weight excluding hydrogens is 771 g/mol. The number of benzene rings is 9. The molecule has 0 radical (unpaired) electrons. The van der Waals surface area contributed by atoms with Gasteiger partial charge in [0.15, 0.2) is 16.1 Å². The monoisotopic (exact) mass is 813 g/mol. The summed E-state index contributed by atoms with van der Waals surface area (Å²) in [5.74, 6) is 1.92. The van der Waals surface area contributed by atoms with Gasteiger partial charge in [0.05, 0.1) is 11.4 Å². The van der Waals surface area contributed by atoms with Crippen molar-refractivity contribution in [2.24, 2.45) is 0 Å². The van der Waals surface area contributed by atoms with E-state index >= 15 is 0 Å². The lowest BCUT2D eigenvalue weighted by Gasteiger charge is -2.50. The Morgan fingerprint density at radius 3 is 1.34 bits per heavy atom. The molecule has 0 amide bonds. The van der Waals surface area contributed by atoms with Crippen LogP contribution in [0, 0.1) is 0 Å². The van der Waals surface area contributed by atoms with E-state index in [0.29, 0.717) is 0 Å². The molecule has 0 saturated carbocycles. The van der Waals surface area contributed by atoms with Gasteiger partial charge < -0.3 is 9.64 Å². The van der Waals surface area contributed by atoms with E-state index in [4.69, 9.17) is 4.74 Å². The van der Waals surface area contributed by atoms with E-state index in [2.05, 4.69) is 243 Å². The van der Waals surface area contributed by atoms with Crippen molar-refractivity contribution in [3.63, 3.8) is 0 Å². The van der Waals surface area contributed by atoms with Gasteiger partial charge in [-0.05, 0) is 100 Å². The third kappa shape index (κ3) is 4.95. The van der Waals surface area contributed by atoms with Crippen molar-refractivity contribution in [1.82, 2.24) is 0 Å². The largest absolute Gasteiger partial charge is 0.458 e. The van der Waals surface area contributed by atoms with Gasteiger partial charge in [-0.1, -0.05) is 202 Å². The molecule has 1 spiro atoms. The van der Waals surface area contributed by atoms with Crippen LogP contribution in [0.3, 0.4) is 0 Å². The topological polar surface area (TPSA) is 12.5 Å². The van der Waals surface area contributed by atoms with Crippen LogP contribution < -0.4 is 51.1 Å². The molecule has 0 fully saturated rings. The first-order chi connectivity index (χ1) is 30.0. The third-order valence-electron chi connectivity index (χ3n) is 13.9. The molecule has 3 heterocycles. The zero-order chi connectivity index (χ0) is 40.8. The molecule has 0 saturated heterocycles. The summed E-state index contributed by atoms with van der Waals surface area (Å²) < 4.78 is 6.85. The molecule has 3 aliphatic rings. The second kappa shape index (κ2) is 13.5. The number of nitrogens with zero attached hydrogens (tertiary/aromatic N) is 1. The standard InChI is InChI=1S/C57H43NOSi2/c1-57(2)45-23-9-11-25-47(45)58(48-26-12-10-24-46(48)57)42-36-33-40(34-37-42)41-35-38-55-56(39-41)61(51-29-15-13-27-49(51)59-50-28-14-16-30-52(50)61)54-32-18-17-31-53(54)60(55,43-19-5-3-6-20-43)44-21-7-4-8-22-44/h3-39H,1-2H3. The van der Waals surface area contributed by atoms with E-state index in [9.17, 15) is 0 Å². The van der Waals surface area contributed by atoms with E-state index < -0.39 is 16.1 Å². The van der Waals surface area contributed by atoms with E-state index in [1.807, 2.05) is 0 Å². The summed E-state index contributed by atoms with van der Waals surface area (Å²) in [7, 11) is -5.88. The first-order valence-electron chi connectivity index (χ1n) is 21.3. The minimum atomic E-state index is -3.00.